The fourth-order valence-corrected chi connectivity index (χ4v) is 5.43. The van der Waals surface area contributed by atoms with E-state index in [1.54, 1.807) is 0 Å². The minimum Gasteiger partial charge on any atom is -0.483 e. The van der Waals surface area contributed by atoms with Crippen molar-refractivity contribution in [3.05, 3.63) is 64.0 Å². The van der Waals surface area contributed by atoms with Gasteiger partial charge < -0.3 is 4.74 Å². The van der Waals surface area contributed by atoms with Crippen molar-refractivity contribution < 1.29 is 28.4 Å². The molecule has 0 unspecified atom stereocenters. The Hall–Kier alpha value is -3.62. The van der Waals surface area contributed by atoms with Crippen LogP contribution in [0, 0.1) is 39.6 Å². The van der Waals surface area contributed by atoms with Gasteiger partial charge in [0.15, 0.2) is 18.1 Å². The molecule has 8 nitrogen and oxygen atoms in total. The number of fused-ring (bicyclic) bond motifs is 5. The van der Waals surface area contributed by atoms with Gasteiger partial charge in [-0.25, -0.2) is 9.29 Å². The fourth-order valence-electron chi connectivity index (χ4n) is 5.43. The van der Waals surface area contributed by atoms with Gasteiger partial charge >= 0.3 is 0 Å². The number of nitrogens with zero attached hydrogens (tertiary/aromatic N) is 2. The number of amides is 2. The van der Waals surface area contributed by atoms with Crippen molar-refractivity contribution in [2.24, 2.45) is 23.7 Å². The second-order valence-corrected chi connectivity index (χ2v) is 8.52. The van der Waals surface area contributed by atoms with Gasteiger partial charge in [0, 0.05) is 11.6 Å². The Balaban J connectivity index is 1.44. The third-order valence-corrected chi connectivity index (χ3v) is 6.85. The van der Waals surface area contributed by atoms with Gasteiger partial charge in [0.25, 0.3) is 5.69 Å². The van der Waals surface area contributed by atoms with Crippen LogP contribution in [0.3, 0.4) is 0 Å². The molecule has 0 N–H and O–H groups in total. The number of carbonyl (C=O) groups excluding carboxylic acids is 3. The van der Waals surface area contributed by atoms with Crippen molar-refractivity contribution in [3.63, 3.8) is 0 Å². The average molecular weight is 438 g/mol. The first kappa shape index (κ1) is 20.3. The van der Waals surface area contributed by atoms with Crippen LogP contribution in [0.1, 0.15) is 29.6 Å². The minimum atomic E-state index is -0.624. The van der Waals surface area contributed by atoms with Crippen molar-refractivity contribution in [1.29, 1.82) is 0 Å². The molecule has 2 aromatic rings. The monoisotopic (exact) mass is 438 g/mol. The zero-order valence-corrected chi connectivity index (χ0v) is 16.9. The fraction of sp³-hybridized carbons (Fsp3) is 0.348. The normalized spacial score (nSPS) is 25.8. The van der Waals surface area contributed by atoms with Gasteiger partial charge in [-0.15, -0.1) is 0 Å². The summed E-state index contributed by atoms with van der Waals surface area (Å²) in [7, 11) is 0. The number of nitro groups is 1. The van der Waals surface area contributed by atoms with Crippen LogP contribution in [0.4, 0.5) is 15.8 Å². The number of nitro benzene ring substituents is 1. The van der Waals surface area contributed by atoms with E-state index in [2.05, 4.69) is 0 Å². The number of imide groups is 1. The van der Waals surface area contributed by atoms with Gasteiger partial charge in [0.2, 0.25) is 11.8 Å². The number of ketones is 1. The molecule has 1 saturated heterocycles. The molecule has 0 aromatic heterocycles. The first-order chi connectivity index (χ1) is 15.3. The van der Waals surface area contributed by atoms with Crippen LogP contribution in [0.15, 0.2) is 42.5 Å². The maximum absolute atomic E-state index is 13.2. The van der Waals surface area contributed by atoms with Gasteiger partial charge in [0.05, 0.1) is 28.5 Å². The number of ether oxygens (including phenoxy) is 1. The topological polar surface area (TPSA) is 107 Å². The molecule has 1 heterocycles. The lowest BCUT2D eigenvalue weighted by Crippen LogP contribution is -2.33. The Morgan fingerprint density at radius 2 is 1.69 bits per heavy atom. The Labute approximate surface area is 182 Å². The highest BCUT2D eigenvalue weighted by Gasteiger charge is 2.61. The molecule has 0 spiro atoms. The lowest BCUT2D eigenvalue weighted by molar-refractivity contribution is -0.384. The zero-order chi connectivity index (χ0) is 22.6. The van der Waals surface area contributed by atoms with Gasteiger partial charge in [-0.05, 0) is 61.4 Å². The molecule has 3 aliphatic rings. The molecule has 2 aromatic carbocycles. The lowest BCUT2D eigenvalue weighted by atomic mass is 9.81. The summed E-state index contributed by atoms with van der Waals surface area (Å²) in [6.07, 6.45) is 2.74. The molecule has 9 heteroatoms. The number of halogens is 1. The van der Waals surface area contributed by atoms with Crippen molar-refractivity contribution in [2.45, 2.75) is 19.3 Å². The molecule has 2 aliphatic carbocycles. The van der Waals surface area contributed by atoms with E-state index in [1.807, 2.05) is 0 Å². The van der Waals surface area contributed by atoms with Crippen molar-refractivity contribution in [3.8, 4) is 5.75 Å². The predicted molar refractivity (Wildman–Crippen MR) is 110 cm³/mol. The number of rotatable bonds is 6. The number of Topliss-reactive ketones (excluding diaryl/α,β-unsaturated/α-hetero) is 1. The SMILES string of the molecule is O=C(COc1cc([N+](=O)[O-])ccc1N1C(=O)[C@@H]2[C@@H]3CC[C@@H](C3)[C@@H]2C1=O)c1ccc(F)cc1. The number of benzene rings is 2. The molecule has 1 aliphatic heterocycles. The number of hydrogen-bond donors (Lipinski definition) is 0. The Kier molecular flexibility index (Phi) is 4.76. The molecule has 2 bridgehead atoms. The smallest absolute Gasteiger partial charge is 0.273 e. The number of hydrogen-bond acceptors (Lipinski definition) is 6. The first-order valence-electron chi connectivity index (χ1n) is 10.4. The highest BCUT2D eigenvalue weighted by molar-refractivity contribution is 6.23. The second kappa shape index (κ2) is 7.51. The lowest BCUT2D eigenvalue weighted by Gasteiger charge is -2.20. The van der Waals surface area contributed by atoms with Crippen LogP contribution in [0.2, 0.25) is 0 Å². The highest BCUT2D eigenvalue weighted by atomic mass is 19.1. The highest BCUT2D eigenvalue weighted by Crippen LogP contribution is 2.57. The third kappa shape index (κ3) is 3.16. The van der Waals surface area contributed by atoms with Crippen LogP contribution in [0.5, 0.6) is 5.75 Å². The molecule has 32 heavy (non-hydrogen) atoms. The van der Waals surface area contributed by atoms with Crippen molar-refractivity contribution >= 4 is 29.0 Å². The number of anilines is 1. The van der Waals surface area contributed by atoms with E-state index in [4.69, 9.17) is 4.74 Å². The van der Waals surface area contributed by atoms with Gasteiger partial charge in [-0.3, -0.25) is 24.5 Å². The third-order valence-electron chi connectivity index (χ3n) is 6.85. The standard InChI is InChI=1S/C23H19FN2O6/c24-15-5-3-12(4-6-15)18(27)11-32-19-10-16(26(30)31)7-8-17(19)25-22(28)20-13-1-2-14(9-13)21(20)23(25)29/h3-8,10,13-14,20-21H,1-2,9,11H2/t13-,14+,20-,21+. The first-order valence-corrected chi connectivity index (χ1v) is 10.4. The van der Waals surface area contributed by atoms with E-state index >= 15 is 0 Å². The molecular weight excluding hydrogens is 419 g/mol. The maximum Gasteiger partial charge on any atom is 0.273 e. The summed E-state index contributed by atoms with van der Waals surface area (Å²) < 4.78 is 18.7. The summed E-state index contributed by atoms with van der Waals surface area (Å²) in [6.45, 7) is -0.492. The van der Waals surface area contributed by atoms with Gasteiger partial charge in [-0.2, -0.15) is 0 Å². The Morgan fingerprint density at radius 3 is 2.28 bits per heavy atom. The predicted octanol–water partition coefficient (Wildman–Crippen LogP) is 3.53. The van der Waals surface area contributed by atoms with E-state index in [0.717, 1.165) is 42.4 Å². The summed E-state index contributed by atoms with van der Waals surface area (Å²) in [5, 5.41) is 11.3. The largest absolute Gasteiger partial charge is 0.483 e. The Bertz CT molecular complexity index is 1120. The van der Waals surface area contributed by atoms with Crippen LogP contribution >= 0.6 is 0 Å². The maximum atomic E-state index is 13.2. The summed E-state index contributed by atoms with van der Waals surface area (Å²) in [5.74, 6) is -2.02. The Morgan fingerprint density at radius 1 is 1.06 bits per heavy atom. The molecule has 5 rings (SSSR count). The molecule has 2 saturated carbocycles. The van der Waals surface area contributed by atoms with E-state index in [0.29, 0.717) is 0 Å². The van der Waals surface area contributed by atoms with Crippen molar-refractivity contribution in [1.82, 2.24) is 0 Å². The van der Waals surface area contributed by atoms with E-state index in [-0.39, 0.29) is 58.2 Å². The number of carbonyl (C=O) groups is 3. The summed E-state index contributed by atoms with van der Waals surface area (Å²) >= 11 is 0. The summed E-state index contributed by atoms with van der Waals surface area (Å²) in [5.41, 5.74) is 0.0152. The quantitative estimate of drug-likeness (QED) is 0.296. The molecule has 0 radical (unpaired) electrons. The van der Waals surface area contributed by atoms with Gasteiger partial charge in [-0.1, -0.05) is 0 Å². The summed E-state index contributed by atoms with van der Waals surface area (Å²) in [6, 6.07) is 8.51. The zero-order valence-electron chi connectivity index (χ0n) is 16.9. The van der Waals surface area contributed by atoms with E-state index in [9.17, 15) is 28.9 Å². The van der Waals surface area contributed by atoms with Crippen molar-refractivity contribution in [2.75, 3.05) is 11.5 Å². The second-order valence-electron chi connectivity index (χ2n) is 8.52. The van der Waals surface area contributed by atoms with Crippen LogP contribution in [-0.2, 0) is 9.59 Å². The van der Waals surface area contributed by atoms with Crippen LogP contribution in [-0.4, -0.2) is 29.1 Å². The molecule has 3 fully saturated rings. The summed E-state index contributed by atoms with van der Waals surface area (Å²) in [4.78, 5) is 50.5. The minimum absolute atomic E-state index is 0.0938. The van der Waals surface area contributed by atoms with Crippen LogP contribution < -0.4 is 9.64 Å². The average Bonchev–Trinajstić information content (AvgIpc) is 3.46. The van der Waals surface area contributed by atoms with E-state index < -0.39 is 23.1 Å². The molecular formula is C23H19FN2O6. The molecule has 4 atom stereocenters. The molecule has 164 valence electrons. The van der Waals surface area contributed by atoms with Crippen LogP contribution in [0.25, 0.3) is 0 Å². The molecule has 2 amide bonds. The van der Waals surface area contributed by atoms with E-state index in [1.165, 1.54) is 24.3 Å². The van der Waals surface area contributed by atoms with Gasteiger partial charge in [0.1, 0.15) is 5.82 Å². The number of non-ortho nitro benzene ring substituents is 1.